The van der Waals surface area contributed by atoms with Gasteiger partial charge in [-0.05, 0) is 49.6 Å². The van der Waals surface area contributed by atoms with Gasteiger partial charge in [-0.2, -0.15) is 0 Å². The number of Topliss-reactive ketones (excluding diaryl/α,β-unsaturated/α-hetero) is 1. The quantitative estimate of drug-likeness (QED) is 0.670. The van der Waals surface area contributed by atoms with Crippen molar-refractivity contribution in [3.8, 4) is 11.5 Å². The Labute approximate surface area is 166 Å². The van der Waals surface area contributed by atoms with Crippen LogP contribution >= 0.6 is 0 Å². The van der Waals surface area contributed by atoms with E-state index in [2.05, 4.69) is 0 Å². The van der Waals surface area contributed by atoms with Crippen LogP contribution in [0.25, 0.3) is 0 Å². The SMILES string of the molecule is COc1ccc(C2CCCN2C(=O)CCC(=O)c2cc(C)ccc2OC)cc1. The Morgan fingerprint density at radius 2 is 1.79 bits per heavy atom. The van der Waals surface area contributed by atoms with Gasteiger partial charge >= 0.3 is 0 Å². The van der Waals surface area contributed by atoms with Crippen molar-refractivity contribution in [1.82, 2.24) is 4.90 Å². The third kappa shape index (κ3) is 4.35. The van der Waals surface area contributed by atoms with Crippen molar-refractivity contribution < 1.29 is 19.1 Å². The third-order valence-corrected chi connectivity index (χ3v) is 5.30. The summed E-state index contributed by atoms with van der Waals surface area (Å²) in [5.74, 6) is 1.32. The topological polar surface area (TPSA) is 55.8 Å². The molecule has 0 bridgehead atoms. The highest BCUT2D eigenvalue weighted by Gasteiger charge is 2.30. The number of ether oxygens (including phenoxy) is 2. The minimum absolute atomic E-state index is 0.0262. The van der Waals surface area contributed by atoms with E-state index in [9.17, 15) is 9.59 Å². The molecular weight excluding hydrogens is 354 g/mol. The predicted octanol–water partition coefficient (Wildman–Crippen LogP) is 4.34. The largest absolute Gasteiger partial charge is 0.497 e. The Hall–Kier alpha value is -2.82. The van der Waals surface area contributed by atoms with Crippen LogP contribution in [0.3, 0.4) is 0 Å². The van der Waals surface area contributed by atoms with Gasteiger partial charge in [0.25, 0.3) is 0 Å². The van der Waals surface area contributed by atoms with Crippen molar-refractivity contribution in [3.05, 3.63) is 59.2 Å². The van der Waals surface area contributed by atoms with E-state index in [1.54, 1.807) is 20.3 Å². The highest BCUT2D eigenvalue weighted by Crippen LogP contribution is 2.33. The molecule has 1 unspecified atom stereocenters. The van der Waals surface area contributed by atoms with E-state index in [0.29, 0.717) is 11.3 Å². The van der Waals surface area contributed by atoms with Crippen molar-refractivity contribution >= 4 is 11.7 Å². The van der Waals surface area contributed by atoms with Crippen LogP contribution in [0.1, 0.15) is 53.2 Å². The summed E-state index contributed by atoms with van der Waals surface area (Å²) in [6.07, 6.45) is 2.31. The fourth-order valence-electron chi connectivity index (χ4n) is 3.78. The Morgan fingerprint density at radius 1 is 1.04 bits per heavy atom. The average Bonchev–Trinajstić information content (AvgIpc) is 3.21. The van der Waals surface area contributed by atoms with E-state index in [-0.39, 0.29) is 30.6 Å². The molecule has 1 aliphatic rings. The van der Waals surface area contributed by atoms with Crippen LogP contribution in [0, 0.1) is 6.92 Å². The molecule has 0 N–H and O–H groups in total. The molecule has 28 heavy (non-hydrogen) atoms. The molecule has 0 aliphatic carbocycles. The summed E-state index contributed by atoms with van der Waals surface area (Å²) in [4.78, 5) is 27.4. The number of methoxy groups -OCH3 is 2. The monoisotopic (exact) mass is 381 g/mol. The number of carbonyl (C=O) groups is 2. The minimum atomic E-state index is -0.0610. The molecule has 0 spiro atoms. The number of likely N-dealkylation sites (tertiary alicyclic amines) is 1. The highest BCUT2D eigenvalue weighted by atomic mass is 16.5. The van der Waals surface area contributed by atoms with Crippen molar-refractivity contribution in [2.24, 2.45) is 0 Å². The number of aryl methyl sites for hydroxylation is 1. The molecule has 148 valence electrons. The standard InChI is InChI=1S/C23H27NO4/c1-16-6-12-22(28-3)19(15-16)21(25)11-13-23(26)24-14-4-5-20(24)17-7-9-18(27-2)10-8-17/h6-10,12,15,20H,4-5,11,13-14H2,1-3H3. The van der Waals surface area contributed by atoms with E-state index in [4.69, 9.17) is 9.47 Å². The van der Waals surface area contributed by atoms with Crippen molar-refractivity contribution in [1.29, 1.82) is 0 Å². The average molecular weight is 381 g/mol. The van der Waals surface area contributed by atoms with Crippen molar-refractivity contribution in [3.63, 3.8) is 0 Å². The molecule has 1 aliphatic heterocycles. The number of amides is 1. The Balaban J connectivity index is 1.65. The van der Waals surface area contributed by atoms with E-state index < -0.39 is 0 Å². The molecule has 2 aromatic rings. The molecule has 2 aromatic carbocycles. The van der Waals surface area contributed by atoms with Gasteiger partial charge in [-0.15, -0.1) is 0 Å². The number of nitrogens with zero attached hydrogens (tertiary/aromatic N) is 1. The molecule has 5 nitrogen and oxygen atoms in total. The summed E-state index contributed by atoms with van der Waals surface area (Å²) in [5, 5.41) is 0. The van der Waals surface area contributed by atoms with Crippen LogP contribution < -0.4 is 9.47 Å². The Morgan fingerprint density at radius 3 is 2.46 bits per heavy atom. The summed E-state index contributed by atoms with van der Waals surface area (Å²) >= 11 is 0. The number of ketones is 1. The van der Waals surface area contributed by atoms with Gasteiger partial charge in [0.15, 0.2) is 5.78 Å². The van der Waals surface area contributed by atoms with Gasteiger partial charge in [-0.25, -0.2) is 0 Å². The second-order valence-electron chi connectivity index (χ2n) is 7.15. The first kappa shape index (κ1) is 19.9. The zero-order chi connectivity index (χ0) is 20.1. The molecule has 5 heteroatoms. The molecule has 1 fully saturated rings. The maximum Gasteiger partial charge on any atom is 0.223 e. The molecule has 3 rings (SSSR count). The fraction of sp³-hybridized carbons (Fsp3) is 0.391. The smallest absolute Gasteiger partial charge is 0.223 e. The maximum absolute atomic E-state index is 12.8. The van der Waals surface area contributed by atoms with Crippen LogP contribution in [-0.2, 0) is 4.79 Å². The summed E-state index contributed by atoms with van der Waals surface area (Å²) in [6.45, 7) is 2.67. The molecular formula is C23H27NO4. The van der Waals surface area contributed by atoms with Gasteiger partial charge in [0.1, 0.15) is 11.5 Å². The number of rotatable bonds is 7. The van der Waals surface area contributed by atoms with E-state index >= 15 is 0 Å². The van der Waals surface area contributed by atoms with Gasteiger partial charge in [0.2, 0.25) is 5.91 Å². The summed E-state index contributed by atoms with van der Waals surface area (Å²) in [6, 6.07) is 13.5. The molecule has 1 heterocycles. The number of hydrogen-bond donors (Lipinski definition) is 0. The van der Waals surface area contributed by atoms with E-state index in [1.807, 2.05) is 48.2 Å². The lowest BCUT2D eigenvalue weighted by Gasteiger charge is -2.25. The maximum atomic E-state index is 12.8. The van der Waals surface area contributed by atoms with E-state index in [1.165, 1.54) is 0 Å². The van der Waals surface area contributed by atoms with Crippen LogP contribution in [0.2, 0.25) is 0 Å². The fourth-order valence-corrected chi connectivity index (χ4v) is 3.78. The van der Waals surface area contributed by atoms with Gasteiger partial charge in [-0.3, -0.25) is 9.59 Å². The summed E-state index contributed by atoms with van der Waals surface area (Å²) < 4.78 is 10.5. The lowest BCUT2D eigenvalue weighted by atomic mass is 10.0. The predicted molar refractivity (Wildman–Crippen MR) is 108 cm³/mol. The molecule has 1 atom stereocenters. The minimum Gasteiger partial charge on any atom is -0.497 e. The molecule has 0 saturated carbocycles. The number of benzene rings is 2. The van der Waals surface area contributed by atoms with Crippen LogP contribution in [-0.4, -0.2) is 37.4 Å². The summed E-state index contributed by atoms with van der Waals surface area (Å²) in [7, 11) is 3.19. The Bertz CT molecular complexity index is 844. The van der Waals surface area contributed by atoms with Crippen molar-refractivity contribution in [2.75, 3.05) is 20.8 Å². The van der Waals surface area contributed by atoms with Gasteiger partial charge in [-0.1, -0.05) is 23.8 Å². The number of hydrogen-bond acceptors (Lipinski definition) is 4. The van der Waals surface area contributed by atoms with Crippen LogP contribution in [0.5, 0.6) is 11.5 Å². The van der Waals surface area contributed by atoms with Gasteiger partial charge in [0, 0.05) is 19.4 Å². The normalized spacial score (nSPS) is 16.1. The zero-order valence-electron chi connectivity index (χ0n) is 16.7. The second-order valence-corrected chi connectivity index (χ2v) is 7.15. The first-order valence-corrected chi connectivity index (χ1v) is 9.64. The van der Waals surface area contributed by atoms with Crippen molar-refractivity contribution in [2.45, 2.75) is 38.6 Å². The molecule has 1 saturated heterocycles. The third-order valence-electron chi connectivity index (χ3n) is 5.30. The van der Waals surface area contributed by atoms with E-state index in [0.717, 1.165) is 36.3 Å². The Kier molecular flexibility index (Phi) is 6.34. The lowest BCUT2D eigenvalue weighted by Crippen LogP contribution is -2.30. The molecule has 0 aromatic heterocycles. The number of carbonyl (C=O) groups excluding carboxylic acids is 2. The molecule has 0 radical (unpaired) electrons. The zero-order valence-corrected chi connectivity index (χ0v) is 16.7. The van der Waals surface area contributed by atoms with Gasteiger partial charge < -0.3 is 14.4 Å². The lowest BCUT2D eigenvalue weighted by molar-refractivity contribution is -0.132. The summed E-state index contributed by atoms with van der Waals surface area (Å²) in [5.41, 5.74) is 2.65. The van der Waals surface area contributed by atoms with Crippen LogP contribution in [0.4, 0.5) is 0 Å². The van der Waals surface area contributed by atoms with Crippen LogP contribution in [0.15, 0.2) is 42.5 Å². The highest BCUT2D eigenvalue weighted by molar-refractivity contribution is 6.00. The second kappa shape index (κ2) is 8.91. The van der Waals surface area contributed by atoms with Gasteiger partial charge in [0.05, 0.1) is 25.8 Å². The first-order valence-electron chi connectivity index (χ1n) is 9.64. The first-order chi connectivity index (χ1) is 13.5. The molecule has 1 amide bonds.